The number of rotatable bonds is 1. The molecule has 4 aromatic rings. The molecule has 0 saturated carbocycles. The third-order valence-electron chi connectivity index (χ3n) is 5.93. The molecule has 2 aromatic heterocycles. The van der Waals surface area contributed by atoms with Crippen LogP contribution in [0.1, 0.15) is 39.8 Å². The Bertz CT molecular complexity index is 1260. The Hall–Kier alpha value is -2.87. The number of allylic oxidation sites excluding steroid dienone is 1. The van der Waals surface area contributed by atoms with Crippen LogP contribution in [-0.2, 0) is 6.42 Å². The highest BCUT2D eigenvalue weighted by atomic mass is 15.0. The van der Waals surface area contributed by atoms with Gasteiger partial charge in [0, 0.05) is 22.7 Å². The monoisotopic (exact) mass is 352 g/mol. The fourth-order valence-electron chi connectivity index (χ4n) is 4.44. The smallest absolute Gasteiger partial charge is 0.145 e. The van der Waals surface area contributed by atoms with Gasteiger partial charge in [-0.25, -0.2) is 4.98 Å². The number of aryl methyl sites for hydroxylation is 5. The van der Waals surface area contributed by atoms with Gasteiger partial charge in [-0.15, -0.1) is 0 Å². The first kappa shape index (κ1) is 16.3. The summed E-state index contributed by atoms with van der Waals surface area (Å²) in [4.78, 5) is 5.09. The van der Waals surface area contributed by atoms with Crippen LogP contribution in [0.3, 0.4) is 0 Å². The number of hydrogen-bond acceptors (Lipinski definition) is 1. The summed E-state index contributed by atoms with van der Waals surface area (Å²) in [6, 6.07) is 11.2. The summed E-state index contributed by atoms with van der Waals surface area (Å²) >= 11 is 0. The quantitative estimate of drug-likeness (QED) is 0.390. The Morgan fingerprint density at radius 2 is 1.78 bits per heavy atom. The normalized spacial score (nSPS) is 13.5. The zero-order chi connectivity index (χ0) is 18.7. The number of benzene rings is 2. The lowest BCUT2D eigenvalue weighted by Gasteiger charge is -2.18. The van der Waals surface area contributed by atoms with E-state index in [4.69, 9.17) is 4.98 Å². The fraction of sp³-hybridized carbons (Fsp3) is 0.240. The fourth-order valence-corrected chi connectivity index (χ4v) is 4.44. The van der Waals surface area contributed by atoms with E-state index in [-0.39, 0.29) is 0 Å². The van der Waals surface area contributed by atoms with Crippen molar-refractivity contribution in [2.45, 2.75) is 40.5 Å². The lowest BCUT2D eigenvalue weighted by Crippen LogP contribution is -2.03. The lowest BCUT2D eigenvalue weighted by molar-refractivity contribution is 0.991. The van der Waals surface area contributed by atoms with Gasteiger partial charge in [0.05, 0.1) is 11.2 Å². The number of fused-ring (bicyclic) bond motifs is 6. The Morgan fingerprint density at radius 3 is 2.59 bits per heavy atom. The zero-order valence-corrected chi connectivity index (χ0v) is 16.4. The van der Waals surface area contributed by atoms with Crippen LogP contribution in [-0.4, -0.2) is 9.38 Å². The van der Waals surface area contributed by atoms with Crippen molar-refractivity contribution in [3.05, 3.63) is 76.0 Å². The second kappa shape index (κ2) is 5.82. The topological polar surface area (TPSA) is 17.3 Å². The Morgan fingerprint density at radius 1 is 0.926 bits per heavy atom. The molecule has 27 heavy (non-hydrogen) atoms. The molecule has 0 atom stereocenters. The van der Waals surface area contributed by atoms with Gasteiger partial charge in [0.2, 0.25) is 0 Å². The SMILES string of the molecule is Cc1cc(C)c2c(c1)c1c(c3nc(-c4ccc(C)c(C)c4)cn32)C=CCC1. The van der Waals surface area contributed by atoms with Crippen molar-refractivity contribution < 1.29 is 0 Å². The van der Waals surface area contributed by atoms with Crippen LogP contribution in [0.25, 0.3) is 33.9 Å². The molecule has 2 heteroatoms. The van der Waals surface area contributed by atoms with Gasteiger partial charge in [-0.2, -0.15) is 0 Å². The molecule has 0 unspecified atom stereocenters. The summed E-state index contributed by atoms with van der Waals surface area (Å²) in [5.41, 5.74) is 12.6. The number of nitrogens with zero attached hydrogens (tertiary/aromatic N) is 2. The maximum absolute atomic E-state index is 5.09. The summed E-state index contributed by atoms with van der Waals surface area (Å²) in [7, 11) is 0. The van der Waals surface area contributed by atoms with Gasteiger partial charge in [-0.1, -0.05) is 35.9 Å². The van der Waals surface area contributed by atoms with Crippen LogP contribution >= 0.6 is 0 Å². The van der Waals surface area contributed by atoms with E-state index in [1.54, 1.807) is 0 Å². The molecule has 0 fully saturated rings. The molecule has 0 amide bonds. The molecule has 0 saturated heterocycles. The average Bonchev–Trinajstić information content (AvgIpc) is 3.09. The Labute approximate surface area is 160 Å². The minimum absolute atomic E-state index is 1.05. The predicted octanol–water partition coefficient (Wildman–Crippen LogP) is 6.35. The van der Waals surface area contributed by atoms with E-state index in [1.807, 2.05) is 0 Å². The molecular weight excluding hydrogens is 328 g/mol. The van der Waals surface area contributed by atoms with Crippen molar-refractivity contribution in [2.75, 3.05) is 0 Å². The molecule has 2 nitrogen and oxygen atoms in total. The largest absolute Gasteiger partial charge is 0.298 e. The summed E-state index contributed by atoms with van der Waals surface area (Å²) in [6.45, 7) is 8.73. The highest BCUT2D eigenvalue weighted by Gasteiger charge is 2.19. The third-order valence-corrected chi connectivity index (χ3v) is 5.93. The molecule has 5 rings (SSSR count). The van der Waals surface area contributed by atoms with E-state index in [0.29, 0.717) is 0 Å². The Kier molecular flexibility index (Phi) is 3.51. The van der Waals surface area contributed by atoms with E-state index in [1.165, 1.54) is 49.8 Å². The second-order valence-electron chi connectivity index (χ2n) is 7.93. The van der Waals surface area contributed by atoms with E-state index >= 15 is 0 Å². The summed E-state index contributed by atoms with van der Waals surface area (Å²) in [5, 5.41) is 1.38. The highest BCUT2D eigenvalue weighted by Crippen LogP contribution is 2.35. The van der Waals surface area contributed by atoms with Crippen LogP contribution in [0.15, 0.2) is 42.6 Å². The molecule has 1 aliphatic carbocycles. The van der Waals surface area contributed by atoms with Gasteiger partial charge in [0.1, 0.15) is 5.65 Å². The first-order valence-electron chi connectivity index (χ1n) is 9.72. The number of pyridine rings is 1. The zero-order valence-electron chi connectivity index (χ0n) is 16.4. The van der Waals surface area contributed by atoms with Crippen molar-refractivity contribution in [1.82, 2.24) is 9.38 Å². The third kappa shape index (κ3) is 2.43. The molecule has 2 aromatic carbocycles. The molecule has 134 valence electrons. The predicted molar refractivity (Wildman–Crippen MR) is 114 cm³/mol. The second-order valence-corrected chi connectivity index (χ2v) is 7.93. The number of hydrogen-bond donors (Lipinski definition) is 0. The van der Waals surface area contributed by atoms with Gasteiger partial charge < -0.3 is 0 Å². The van der Waals surface area contributed by atoms with Gasteiger partial charge in [0.15, 0.2) is 0 Å². The highest BCUT2D eigenvalue weighted by molar-refractivity contribution is 5.94. The summed E-state index contributed by atoms with van der Waals surface area (Å²) in [5.74, 6) is 0. The minimum atomic E-state index is 1.05. The van der Waals surface area contributed by atoms with Crippen molar-refractivity contribution in [3.8, 4) is 11.3 Å². The van der Waals surface area contributed by atoms with Crippen LogP contribution in [0.4, 0.5) is 0 Å². The molecule has 0 N–H and O–H groups in total. The Balaban J connectivity index is 1.90. The standard InChI is InChI=1S/C25H24N2/c1-15-11-18(4)24-22(12-15)20-7-5-6-8-21(20)25-26-23(14-27(24)25)19-10-9-16(2)17(3)13-19/h6,8-14H,5,7H2,1-4H3. The summed E-state index contributed by atoms with van der Waals surface area (Å²) < 4.78 is 2.31. The van der Waals surface area contributed by atoms with E-state index in [9.17, 15) is 0 Å². The molecule has 0 radical (unpaired) electrons. The first-order valence-corrected chi connectivity index (χ1v) is 9.72. The maximum Gasteiger partial charge on any atom is 0.145 e. The summed E-state index contributed by atoms with van der Waals surface area (Å²) in [6.07, 6.45) is 8.96. The van der Waals surface area contributed by atoms with Crippen LogP contribution in [0, 0.1) is 27.7 Å². The van der Waals surface area contributed by atoms with E-state index in [0.717, 1.165) is 24.2 Å². The van der Waals surface area contributed by atoms with Crippen molar-refractivity contribution in [2.24, 2.45) is 0 Å². The maximum atomic E-state index is 5.09. The van der Waals surface area contributed by atoms with E-state index < -0.39 is 0 Å². The lowest BCUT2D eigenvalue weighted by atomic mass is 9.92. The van der Waals surface area contributed by atoms with Crippen molar-refractivity contribution >= 4 is 22.6 Å². The molecular formula is C25H24N2. The minimum Gasteiger partial charge on any atom is -0.298 e. The van der Waals surface area contributed by atoms with Crippen molar-refractivity contribution in [1.29, 1.82) is 0 Å². The average molecular weight is 352 g/mol. The molecule has 0 bridgehead atoms. The van der Waals surface area contributed by atoms with Gasteiger partial charge in [-0.3, -0.25) is 4.40 Å². The van der Waals surface area contributed by atoms with Crippen molar-refractivity contribution in [3.63, 3.8) is 0 Å². The van der Waals surface area contributed by atoms with Gasteiger partial charge >= 0.3 is 0 Å². The number of aromatic nitrogens is 2. The first-order chi connectivity index (χ1) is 13.0. The van der Waals surface area contributed by atoms with E-state index in [2.05, 4.69) is 80.8 Å². The van der Waals surface area contributed by atoms with Gasteiger partial charge in [0.25, 0.3) is 0 Å². The molecule has 1 aliphatic rings. The molecule has 2 heterocycles. The van der Waals surface area contributed by atoms with Crippen LogP contribution in [0.2, 0.25) is 0 Å². The number of imidazole rings is 1. The molecule has 0 spiro atoms. The van der Waals surface area contributed by atoms with Crippen LogP contribution < -0.4 is 0 Å². The molecule has 0 aliphatic heterocycles. The van der Waals surface area contributed by atoms with Gasteiger partial charge in [-0.05, 0) is 74.9 Å². The van der Waals surface area contributed by atoms with Crippen LogP contribution in [0.5, 0.6) is 0 Å².